The summed E-state index contributed by atoms with van der Waals surface area (Å²) in [7, 11) is 1.23. The molecule has 0 aromatic heterocycles. The fourth-order valence-corrected chi connectivity index (χ4v) is 1.73. The zero-order valence-electron chi connectivity index (χ0n) is 11.9. The molecule has 0 amide bonds. The quantitative estimate of drug-likeness (QED) is 0.726. The summed E-state index contributed by atoms with van der Waals surface area (Å²) >= 11 is 0. The van der Waals surface area contributed by atoms with Gasteiger partial charge < -0.3 is 10.5 Å². The van der Waals surface area contributed by atoms with Crippen LogP contribution in [0.1, 0.15) is 33.6 Å². The number of esters is 1. The molecular weight excluding hydrogens is 261 g/mol. The van der Waals surface area contributed by atoms with Crippen LogP contribution in [0.2, 0.25) is 0 Å². The maximum absolute atomic E-state index is 12.4. The Morgan fingerprint density at radius 3 is 2.26 bits per heavy atom. The van der Waals surface area contributed by atoms with Crippen LogP contribution in [0.3, 0.4) is 0 Å². The summed E-state index contributed by atoms with van der Waals surface area (Å²) in [5.74, 6) is -0.556. The van der Waals surface area contributed by atoms with Crippen molar-refractivity contribution in [3.63, 3.8) is 0 Å². The van der Waals surface area contributed by atoms with Crippen LogP contribution in [0.15, 0.2) is 0 Å². The van der Waals surface area contributed by atoms with E-state index in [0.717, 1.165) is 0 Å². The number of nitrogens with zero attached hydrogens (tertiary/aromatic N) is 1. The van der Waals surface area contributed by atoms with Gasteiger partial charge in [0.2, 0.25) is 0 Å². The maximum atomic E-state index is 12.4. The predicted octanol–water partition coefficient (Wildman–Crippen LogP) is 1.93. The van der Waals surface area contributed by atoms with Crippen molar-refractivity contribution in [1.82, 2.24) is 4.90 Å². The van der Waals surface area contributed by atoms with Crippen LogP contribution in [0.25, 0.3) is 0 Å². The minimum Gasteiger partial charge on any atom is -0.468 e. The highest BCUT2D eigenvalue weighted by Gasteiger charge is 2.33. The van der Waals surface area contributed by atoms with Gasteiger partial charge in [0.05, 0.1) is 13.7 Å². The normalized spacial score (nSPS) is 15.7. The van der Waals surface area contributed by atoms with Gasteiger partial charge >= 0.3 is 12.1 Å². The molecule has 0 spiro atoms. The molecule has 0 saturated heterocycles. The fraction of sp³-hybridized carbons (Fsp3) is 0.917. The molecule has 0 aliphatic carbocycles. The van der Waals surface area contributed by atoms with E-state index in [-0.39, 0.29) is 19.0 Å². The molecule has 0 rings (SSSR count). The van der Waals surface area contributed by atoms with Crippen molar-refractivity contribution in [3.05, 3.63) is 0 Å². The monoisotopic (exact) mass is 284 g/mol. The Morgan fingerprint density at radius 1 is 1.37 bits per heavy atom. The Morgan fingerprint density at radius 2 is 1.89 bits per heavy atom. The second-order valence-corrected chi connectivity index (χ2v) is 5.19. The lowest BCUT2D eigenvalue weighted by molar-refractivity contribution is -0.151. The third-order valence-corrected chi connectivity index (χ3v) is 2.91. The number of carbonyl (C=O) groups excluding carboxylic acids is 1. The number of ether oxygens (including phenoxy) is 1. The Labute approximate surface area is 112 Å². The molecule has 0 bridgehead atoms. The Balaban J connectivity index is 4.32. The number of hydrogen-bond donors (Lipinski definition) is 1. The topological polar surface area (TPSA) is 55.6 Å². The molecule has 0 aliphatic heterocycles. The number of alkyl halides is 3. The molecule has 114 valence electrons. The first-order chi connectivity index (χ1) is 8.49. The minimum absolute atomic E-state index is 0.219. The van der Waals surface area contributed by atoms with Crippen molar-refractivity contribution < 1.29 is 22.7 Å². The molecule has 0 aromatic carbocycles. The molecular formula is C12H23F3N2O2. The molecule has 1 unspecified atom stereocenters. The number of methoxy groups -OCH3 is 1. The van der Waals surface area contributed by atoms with Gasteiger partial charge in [0, 0.05) is 6.04 Å². The highest BCUT2D eigenvalue weighted by Crippen LogP contribution is 2.19. The highest BCUT2D eigenvalue weighted by atomic mass is 19.4. The summed E-state index contributed by atoms with van der Waals surface area (Å²) in [6.07, 6.45) is -3.55. The molecule has 0 fully saturated rings. The number of rotatable bonds is 7. The molecule has 2 N–H and O–H groups in total. The average Bonchev–Trinajstić information content (AvgIpc) is 2.24. The van der Waals surface area contributed by atoms with E-state index in [1.807, 2.05) is 0 Å². The third kappa shape index (κ3) is 7.37. The lowest BCUT2D eigenvalue weighted by atomic mass is 9.97. The van der Waals surface area contributed by atoms with Crippen LogP contribution in [0.4, 0.5) is 13.2 Å². The van der Waals surface area contributed by atoms with Gasteiger partial charge in [-0.2, -0.15) is 13.2 Å². The first-order valence-corrected chi connectivity index (χ1v) is 6.17. The lowest BCUT2D eigenvalue weighted by Gasteiger charge is -2.29. The van der Waals surface area contributed by atoms with E-state index in [0.29, 0.717) is 6.42 Å². The fourth-order valence-electron chi connectivity index (χ4n) is 1.73. The maximum Gasteiger partial charge on any atom is 0.401 e. The Kier molecular flexibility index (Phi) is 6.79. The number of hydrogen-bond acceptors (Lipinski definition) is 4. The van der Waals surface area contributed by atoms with Crippen LogP contribution in [0.5, 0.6) is 0 Å². The first-order valence-electron chi connectivity index (χ1n) is 6.17. The van der Waals surface area contributed by atoms with E-state index in [2.05, 4.69) is 4.74 Å². The van der Waals surface area contributed by atoms with Crippen LogP contribution in [0, 0.1) is 0 Å². The average molecular weight is 284 g/mol. The molecule has 0 aromatic rings. The summed E-state index contributed by atoms with van der Waals surface area (Å²) in [6, 6.07) is -0.219. The van der Waals surface area contributed by atoms with E-state index >= 15 is 0 Å². The first kappa shape index (κ1) is 18.2. The summed E-state index contributed by atoms with van der Waals surface area (Å²) in [4.78, 5) is 12.6. The van der Waals surface area contributed by atoms with Crippen molar-refractivity contribution in [1.29, 1.82) is 0 Å². The number of halogens is 3. The molecule has 0 radical (unpaired) electrons. The summed E-state index contributed by atoms with van der Waals surface area (Å²) in [5.41, 5.74) is 4.59. The Bertz CT molecular complexity index is 291. The Hall–Kier alpha value is -0.820. The molecule has 1 atom stereocenters. The van der Waals surface area contributed by atoms with Crippen LogP contribution in [-0.4, -0.2) is 48.8 Å². The number of carbonyl (C=O) groups is 1. The zero-order chi connectivity index (χ0) is 15.3. The largest absolute Gasteiger partial charge is 0.468 e. The van der Waals surface area contributed by atoms with Gasteiger partial charge in [0.15, 0.2) is 0 Å². The van der Waals surface area contributed by atoms with Crippen molar-refractivity contribution >= 4 is 5.97 Å². The standard InChI is InChI=1S/C12H23F3N2O2/c1-9(2)17(8-12(13,14)15)7-5-6-11(3,16)10(18)19-4/h9H,5-8,16H2,1-4H3. The van der Waals surface area contributed by atoms with Crippen molar-refractivity contribution in [2.75, 3.05) is 20.2 Å². The lowest BCUT2D eigenvalue weighted by Crippen LogP contribution is -2.47. The summed E-state index contributed by atoms with van der Waals surface area (Å²) in [6.45, 7) is 4.20. The molecule has 0 heterocycles. The van der Waals surface area contributed by atoms with Gasteiger partial charge in [0.25, 0.3) is 0 Å². The minimum atomic E-state index is -4.22. The van der Waals surface area contributed by atoms with Crippen molar-refractivity contribution in [2.24, 2.45) is 5.73 Å². The highest BCUT2D eigenvalue weighted by molar-refractivity contribution is 5.79. The van der Waals surface area contributed by atoms with Gasteiger partial charge in [-0.05, 0) is 40.2 Å². The SMILES string of the molecule is COC(=O)C(C)(N)CCCN(CC(F)(F)F)C(C)C. The van der Waals surface area contributed by atoms with Gasteiger partial charge in [-0.3, -0.25) is 9.69 Å². The third-order valence-electron chi connectivity index (χ3n) is 2.91. The number of nitrogens with two attached hydrogens (primary N) is 1. The zero-order valence-corrected chi connectivity index (χ0v) is 11.9. The van der Waals surface area contributed by atoms with Crippen LogP contribution < -0.4 is 5.73 Å². The van der Waals surface area contributed by atoms with E-state index in [9.17, 15) is 18.0 Å². The van der Waals surface area contributed by atoms with E-state index < -0.39 is 24.2 Å². The van der Waals surface area contributed by atoms with Gasteiger partial charge in [-0.1, -0.05) is 0 Å². The van der Waals surface area contributed by atoms with Crippen LogP contribution in [-0.2, 0) is 9.53 Å². The molecule has 7 heteroatoms. The van der Waals surface area contributed by atoms with Crippen LogP contribution >= 0.6 is 0 Å². The summed E-state index contributed by atoms with van der Waals surface area (Å²) < 4.78 is 41.7. The molecule has 0 aliphatic rings. The van der Waals surface area contributed by atoms with Gasteiger partial charge in [-0.15, -0.1) is 0 Å². The molecule has 0 saturated carbocycles. The molecule has 4 nitrogen and oxygen atoms in total. The second kappa shape index (κ2) is 7.09. The summed E-state index contributed by atoms with van der Waals surface area (Å²) in [5, 5.41) is 0. The van der Waals surface area contributed by atoms with E-state index in [1.54, 1.807) is 13.8 Å². The van der Waals surface area contributed by atoms with E-state index in [1.165, 1.54) is 18.9 Å². The van der Waals surface area contributed by atoms with Gasteiger partial charge in [-0.25, -0.2) is 0 Å². The van der Waals surface area contributed by atoms with Crippen molar-refractivity contribution in [2.45, 2.75) is 51.4 Å². The predicted molar refractivity (Wildman–Crippen MR) is 66.6 cm³/mol. The molecule has 19 heavy (non-hydrogen) atoms. The van der Waals surface area contributed by atoms with E-state index in [4.69, 9.17) is 5.73 Å². The smallest absolute Gasteiger partial charge is 0.401 e. The van der Waals surface area contributed by atoms with Crippen molar-refractivity contribution in [3.8, 4) is 0 Å². The van der Waals surface area contributed by atoms with Gasteiger partial charge in [0.1, 0.15) is 5.54 Å². The second-order valence-electron chi connectivity index (χ2n) is 5.19.